The zero-order valence-electron chi connectivity index (χ0n) is 9.48. The Morgan fingerprint density at radius 2 is 1.83 bits per heavy atom. The molecule has 1 unspecified atom stereocenters. The van der Waals surface area contributed by atoms with E-state index in [2.05, 4.69) is 4.98 Å². The SMILES string of the molecule is O=S1(=O)CC(Sc2ccncc2)c2ccccc21. The van der Waals surface area contributed by atoms with E-state index in [4.69, 9.17) is 0 Å². The largest absolute Gasteiger partial charge is 0.265 e. The standard InChI is InChI=1S/C13H11NO2S2/c15-18(16)9-12(11-3-1-2-4-13(11)18)17-10-5-7-14-8-6-10/h1-8,12H,9H2. The lowest BCUT2D eigenvalue weighted by molar-refractivity contribution is 0.600. The van der Waals surface area contributed by atoms with Gasteiger partial charge >= 0.3 is 0 Å². The van der Waals surface area contributed by atoms with Crippen LogP contribution in [0.1, 0.15) is 10.8 Å². The van der Waals surface area contributed by atoms with Gasteiger partial charge in [-0.3, -0.25) is 4.98 Å². The van der Waals surface area contributed by atoms with E-state index in [1.807, 2.05) is 24.3 Å². The predicted molar refractivity (Wildman–Crippen MR) is 71.3 cm³/mol. The van der Waals surface area contributed by atoms with Crippen molar-refractivity contribution in [2.24, 2.45) is 0 Å². The molecule has 0 radical (unpaired) electrons. The van der Waals surface area contributed by atoms with Crippen LogP contribution in [0.15, 0.2) is 58.6 Å². The second-order valence-corrected chi connectivity index (χ2v) is 7.39. The minimum atomic E-state index is -3.11. The van der Waals surface area contributed by atoms with Gasteiger partial charge in [-0.1, -0.05) is 18.2 Å². The molecule has 0 amide bonds. The highest BCUT2D eigenvalue weighted by Gasteiger charge is 2.34. The molecule has 2 aromatic rings. The number of hydrogen-bond acceptors (Lipinski definition) is 4. The zero-order chi connectivity index (χ0) is 12.6. The summed E-state index contributed by atoms with van der Waals surface area (Å²) in [6, 6.07) is 11.1. The molecule has 92 valence electrons. The Labute approximate surface area is 110 Å². The van der Waals surface area contributed by atoms with Gasteiger partial charge in [0.05, 0.1) is 15.9 Å². The van der Waals surface area contributed by atoms with E-state index < -0.39 is 9.84 Å². The maximum absolute atomic E-state index is 12.0. The maximum atomic E-state index is 12.0. The number of thioether (sulfide) groups is 1. The van der Waals surface area contributed by atoms with Crippen molar-refractivity contribution < 1.29 is 8.42 Å². The van der Waals surface area contributed by atoms with Crippen LogP contribution in [0.3, 0.4) is 0 Å². The number of rotatable bonds is 2. The van der Waals surface area contributed by atoms with Crippen LogP contribution in [0.2, 0.25) is 0 Å². The van der Waals surface area contributed by atoms with Gasteiger partial charge in [0.25, 0.3) is 0 Å². The molecule has 1 aliphatic heterocycles. The molecule has 0 aliphatic carbocycles. The summed E-state index contributed by atoms with van der Waals surface area (Å²) in [7, 11) is -3.11. The lowest BCUT2D eigenvalue weighted by Crippen LogP contribution is -2.00. The van der Waals surface area contributed by atoms with Crippen LogP contribution in [0.4, 0.5) is 0 Å². The summed E-state index contributed by atoms with van der Waals surface area (Å²) in [6.45, 7) is 0. The van der Waals surface area contributed by atoms with Gasteiger partial charge in [-0.25, -0.2) is 8.42 Å². The Hall–Kier alpha value is -1.33. The minimum absolute atomic E-state index is 0.0198. The molecule has 0 saturated heterocycles. The van der Waals surface area contributed by atoms with Crippen molar-refractivity contribution in [3.63, 3.8) is 0 Å². The Balaban J connectivity index is 1.97. The summed E-state index contributed by atoms with van der Waals surface area (Å²) in [5, 5.41) is -0.0198. The lowest BCUT2D eigenvalue weighted by atomic mass is 10.2. The van der Waals surface area contributed by atoms with E-state index in [0.717, 1.165) is 10.5 Å². The third kappa shape index (κ3) is 2.04. The highest BCUT2D eigenvalue weighted by atomic mass is 32.2. The molecule has 0 spiro atoms. The van der Waals surface area contributed by atoms with Crippen LogP contribution in [0, 0.1) is 0 Å². The first-order valence-electron chi connectivity index (χ1n) is 5.55. The molecule has 0 N–H and O–H groups in total. The second-order valence-electron chi connectivity index (χ2n) is 4.11. The number of pyridine rings is 1. The summed E-state index contributed by atoms with van der Waals surface area (Å²) in [6.07, 6.45) is 3.44. The second kappa shape index (κ2) is 4.40. The lowest BCUT2D eigenvalue weighted by Gasteiger charge is -2.08. The predicted octanol–water partition coefficient (Wildman–Crippen LogP) is 2.70. The molecular weight excluding hydrogens is 266 g/mol. The first-order valence-corrected chi connectivity index (χ1v) is 8.08. The Bertz CT molecular complexity index is 668. The summed E-state index contributed by atoms with van der Waals surface area (Å²) in [5.74, 6) is 0.180. The molecule has 1 atom stereocenters. The van der Waals surface area contributed by atoms with Crippen LogP contribution < -0.4 is 0 Å². The third-order valence-electron chi connectivity index (χ3n) is 2.90. The van der Waals surface area contributed by atoms with Gasteiger partial charge < -0.3 is 0 Å². The molecule has 0 saturated carbocycles. The summed E-state index contributed by atoms with van der Waals surface area (Å²) in [5.41, 5.74) is 0.916. The van der Waals surface area contributed by atoms with Crippen molar-refractivity contribution in [3.05, 3.63) is 54.4 Å². The van der Waals surface area contributed by atoms with Gasteiger partial charge in [-0.2, -0.15) is 0 Å². The number of hydrogen-bond donors (Lipinski definition) is 0. The van der Waals surface area contributed by atoms with Crippen LogP contribution in [0.25, 0.3) is 0 Å². The van der Waals surface area contributed by atoms with Crippen molar-refractivity contribution in [3.8, 4) is 0 Å². The van der Waals surface area contributed by atoms with E-state index in [9.17, 15) is 8.42 Å². The molecule has 1 aliphatic rings. The van der Waals surface area contributed by atoms with E-state index >= 15 is 0 Å². The Morgan fingerprint density at radius 3 is 2.61 bits per heavy atom. The molecule has 3 nitrogen and oxygen atoms in total. The van der Waals surface area contributed by atoms with Gasteiger partial charge in [-0.05, 0) is 23.8 Å². The number of benzene rings is 1. The third-order valence-corrected chi connectivity index (χ3v) is 6.17. The van der Waals surface area contributed by atoms with Crippen molar-refractivity contribution in [2.75, 3.05) is 5.75 Å². The highest BCUT2D eigenvalue weighted by molar-refractivity contribution is 8.01. The normalized spacial score (nSPS) is 20.6. The number of sulfone groups is 1. The van der Waals surface area contributed by atoms with E-state index in [1.165, 1.54) is 0 Å². The monoisotopic (exact) mass is 277 g/mol. The van der Waals surface area contributed by atoms with Gasteiger partial charge in [-0.15, -0.1) is 11.8 Å². The van der Waals surface area contributed by atoms with Crippen LogP contribution in [0.5, 0.6) is 0 Å². The maximum Gasteiger partial charge on any atom is 0.180 e. The number of aromatic nitrogens is 1. The van der Waals surface area contributed by atoms with Gasteiger partial charge in [0.2, 0.25) is 0 Å². The van der Waals surface area contributed by atoms with Crippen molar-refractivity contribution >= 4 is 21.6 Å². The molecule has 1 aromatic carbocycles. The minimum Gasteiger partial charge on any atom is -0.265 e. The number of nitrogens with zero attached hydrogens (tertiary/aromatic N) is 1. The summed E-state index contributed by atoms with van der Waals surface area (Å²) < 4.78 is 24.1. The van der Waals surface area contributed by atoms with Crippen molar-refractivity contribution in [1.29, 1.82) is 0 Å². The van der Waals surface area contributed by atoms with Gasteiger partial charge in [0.15, 0.2) is 9.84 Å². The van der Waals surface area contributed by atoms with E-state index in [-0.39, 0.29) is 11.0 Å². The van der Waals surface area contributed by atoms with Crippen molar-refractivity contribution in [1.82, 2.24) is 4.98 Å². The molecule has 1 aromatic heterocycles. The number of fused-ring (bicyclic) bond motifs is 1. The summed E-state index contributed by atoms with van der Waals surface area (Å²) in [4.78, 5) is 5.49. The fourth-order valence-electron chi connectivity index (χ4n) is 2.09. The van der Waals surface area contributed by atoms with Gasteiger partial charge in [0, 0.05) is 17.3 Å². The van der Waals surface area contributed by atoms with Crippen LogP contribution >= 0.6 is 11.8 Å². The van der Waals surface area contributed by atoms with Crippen molar-refractivity contribution in [2.45, 2.75) is 15.0 Å². The van der Waals surface area contributed by atoms with E-state index in [1.54, 1.807) is 36.3 Å². The zero-order valence-corrected chi connectivity index (χ0v) is 11.1. The fourth-order valence-corrected chi connectivity index (χ4v) is 5.52. The van der Waals surface area contributed by atoms with E-state index in [0.29, 0.717) is 4.90 Å². The quantitative estimate of drug-likeness (QED) is 0.846. The molecule has 0 bridgehead atoms. The molecule has 5 heteroatoms. The summed E-state index contributed by atoms with van der Waals surface area (Å²) >= 11 is 1.58. The Morgan fingerprint density at radius 1 is 1.11 bits per heavy atom. The highest BCUT2D eigenvalue weighted by Crippen LogP contribution is 2.44. The smallest absolute Gasteiger partial charge is 0.180 e. The average molecular weight is 277 g/mol. The molecule has 3 rings (SSSR count). The van der Waals surface area contributed by atoms with Crippen LogP contribution in [-0.4, -0.2) is 19.2 Å². The Kier molecular flexibility index (Phi) is 2.87. The first-order chi connectivity index (χ1) is 8.67. The molecule has 18 heavy (non-hydrogen) atoms. The average Bonchev–Trinajstić information content (AvgIpc) is 2.63. The fraction of sp³-hybridized carbons (Fsp3) is 0.154. The molecular formula is C13H11NO2S2. The molecule has 2 heterocycles. The first kappa shape index (κ1) is 11.7. The molecule has 0 fully saturated rings. The van der Waals surface area contributed by atoms with Crippen LogP contribution in [-0.2, 0) is 9.84 Å². The van der Waals surface area contributed by atoms with Gasteiger partial charge in [0.1, 0.15) is 0 Å². The topological polar surface area (TPSA) is 47.0 Å².